The second-order valence-corrected chi connectivity index (χ2v) is 8.67. The first kappa shape index (κ1) is 17.4. The first-order valence-corrected chi connectivity index (χ1v) is 10.0. The van der Waals surface area contributed by atoms with E-state index in [0.717, 1.165) is 42.3 Å². The van der Waals surface area contributed by atoms with Gasteiger partial charge in [-0.25, -0.2) is 0 Å². The number of piperidine rings is 1. The number of aliphatic hydroxyl groups is 1. The SMILES string of the molecule is C[C@H]1C[C@@]2(CCN1Cc1cccnc1)OCCc1c2sc(Cl)c1CO. The van der Waals surface area contributed by atoms with Crippen LogP contribution in [0.3, 0.4) is 0 Å². The predicted molar refractivity (Wildman–Crippen MR) is 99.9 cm³/mol. The minimum Gasteiger partial charge on any atom is -0.392 e. The van der Waals surface area contributed by atoms with Crippen LogP contribution < -0.4 is 0 Å². The molecule has 134 valence electrons. The van der Waals surface area contributed by atoms with Crippen LogP contribution in [0.15, 0.2) is 24.5 Å². The Hall–Kier alpha value is -0.980. The number of hydrogen-bond donors (Lipinski definition) is 1. The second-order valence-electron chi connectivity index (χ2n) is 7.05. The number of likely N-dealkylation sites (tertiary alicyclic amines) is 1. The van der Waals surface area contributed by atoms with Crippen LogP contribution in [0.4, 0.5) is 0 Å². The van der Waals surface area contributed by atoms with E-state index in [2.05, 4.69) is 22.9 Å². The van der Waals surface area contributed by atoms with Gasteiger partial charge in [-0.1, -0.05) is 17.7 Å². The van der Waals surface area contributed by atoms with E-state index in [1.807, 2.05) is 18.5 Å². The van der Waals surface area contributed by atoms with Gasteiger partial charge >= 0.3 is 0 Å². The van der Waals surface area contributed by atoms with E-state index in [-0.39, 0.29) is 12.2 Å². The molecular weight excluding hydrogens is 356 g/mol. The first-order chi connectivity index (χ1) is 12.1. The summed E-state index contributed by atoms with van der Waals surface area (Å²) < 4.78 is 7.07. The topological polar surface area (TPSA) is 45.6 Å². The van der Waals surface area contributed by atoms with Gasteiger partial charge in [-0.3, -0.25) is 9.88 Å². The van der Waals surface area contributed by atoms with Crippen LogP contribution >= 0.6 is 22.9 Å². The number of aliphatic hydroxyl groups excluding tert-OH is 1. The van der Waals surface area contributed by atoms with Crippen LogP contribution in [0.2, 0.25) is 4.34 Å². The molecule has 0 amide bonds. The van der Waals surface area contributed by atoms with Crippen molar-refractivity contribution in [2.24, 2.45) is 0 Å². The van der Waals surface area contributed by atoms with E-state index in [1.54, 1.807) is 11.3 Å². The highest BCUT2D eigenvalue weighted by Crippen LogP contribution is 2.49. The Bertz CT molecular complexity index is 751. The van der Waals surface area contributed by atoms with Crippen LogP contribution in [-0.2, 0) is 29.9 Å². The highest BCUT2D eigenvalue weighted by Gasteiger charge is 2.45. The third-order valence-corrected chi connectivity index (χ3v) is 7.24. The summed E-state index contributed by atoms with van der Waals surface area (Å²) in [6.45, 7) is 4.91. The molecule has 6 heteroatoms. The van der Waals surface area contributed by atoms with E-state index >= 15 is 0 Å². The lowest BCUT2D eigenvalue weighted by molar-refractivity contribution is -0.110. The van der Waals surface area contributed by atoms with Crippen molar-refractivity contribution in [1.29, 1.82) is 0 Å². The van der Waals surface area contributed by atoms with E-state index in [4.69, 9.17) is 16.3 Å². The number of hydrogen-bond acceptors (Lipinski definition) is 5. The molecule has 2 aliphatic heterocycles. The lowest BCUT2D eigenvalue weighted by Gasteiger charge is -2.47. The molecule has 0 aliphatic carbocycles. The fourth-order valence-electron chi connectivity index (χ4n) is 4.22. The first-order valence-electron chi connectivity index (χ1n) is 8.81. The maximum atomic E-state index is 9.68. The molecule has 1 N–H and O–H groups in total. The van der Waals surface area contributed by atoms with Crippen molar-refractivity contribution in [3.63, 3.8) is 0 Å². The van der Waals surface area contributed by atoms with Crippen molar-refractivity contribution in [1.82, 2.24) is 9.88 Å². The molecule has 2 aromatic heterocycles. The Kier molecular flexibility index (Phi) is 4.86. The summed E-state index contributed by atoms with van der Waals surface area (Å²) in [7, 11) is 0. The maximum absolute atomic E-state index is 9.68. The Morgan fingerprint density at radius 2 is 2.40 bits per heavy atom. The van der Waals surface area contributed by atoms with Gasteiger partial charge in [0, 0.05) is 42.0 Å². The average molecular weight is 379 g/mol. The van der Waals surface area contributed by atoms with Gasteiger partial charge in [0.1, 0.15) is 5.60 Å². The van der Waals surface area contributed by atoms with Crippen LogP contribution in [0.25, 0.3) is 0 Å². The minimum absolute atomic E-state index is 0.0173. The van der Waals surface area contributed by atoms with E-state index in [0.29, 0.717) is 12.6 Å². The summed E-state index contributed by atoms with van der Waals surface area (Å²) >= 11 is 8.00. The fourth-order valence-corrected chi connectivity index (χ4v) is 5.90. The summed E-state index contributed by atoms with van der Waals surface area (Å²) in [5, 5.41) is 9.68. The van der Waals surface area contributed by atoms with Crippen LogP contribution in [0.5, 0.6) is 0 Å². The Balaban J connectivity index is 1.57. The van der Waals surface area contributed by atoms with Crippen LogP contribution in [0, 0.1) is 0 Å². The molecule has 25 heavy (non-hydrogen) atoms. The summed E-state index contributed by atoms with van der Waals surface area (Å²) in [4.78, 5) is 7.97. The number of fused-ring (bicyclic) bond motifs is 2. The fraction of sp³-hybridized carbons (Fsp3) is 0.526. The molecule has 0 radical (unpaired) electrons. The number of ether oxygens (including phenoxy) is 1. The van der Waals surface area contributed by atoms with E-state index in [9.17, 15) is 5.11 Å². The number of rotatable bonds is 3. The molecule has 2 aliphatic rings. The molecule has 2 aromatic rings. The quantitative estimate of drug-likeness (QED) is 0.883. The molecule has 1 saturated heterocycles. The molecular formula is C19H23ClN2O2S. The van der Waals surface area contributed by atoms with Crippen molar-refractivity contribution in [3.8, 4) is 0 Å². The Morgan fingerprint density at radius 1 is 1.52 bits per heavy atom. The summed E-state index contributed by atoms with van der Waals surface area (Å²) in [6, 6.07) is 4.54. The number of nitrogens with zero attached hydrogens (tertiary/aromatic N) is 2. The highest BCUT2D eigenvalue weighted by atomic mass is 35.5. The lowest BCUT2D eigenvalue weighted by atomic mass is 9.81. The van der Waals surface area contributed by atoms with Crippen molar-refractivity contribution >= 4 is 22.9 Å². The number of thiophene rings is 1. The molecule has 0 aromatic carbocycles. The minimum atomic E-state index is -0.236. The second kappa shape index (κ2) is 6.97. The van der Waals surface area contributed by atoms with E-state index in [1.165, 1.54) is 16.0 Å². The van der Waals surface area contributed by atoms with Crippen molar-refractivity contribution < 1.29 is 9.84 Å². The van der Waals surface area contributed by atoms with E-state index < -0.39 is 0 Å². The van der Waals surface area contributed by atoms with Crippen molar-refractivity contribution in [2.45, 2.75) is 51.0 Å². The van der Waals surface area contributed by atoms with Crippen LogP contribution in [0.1, 0.15) is 41.3 Å². The number of halogens is 1. The third-order valence-electron chi connectivity index (χ3n) is 5.53. The van der Waals surface area contributed by atoms with Gasteiger partial charge in [0.15, 0.2) is 0 Å². The molecule has 1 fully saturated rings. The zero-order valence-electron chi connectivity index (χ0n) is 14.4. The summed E-state index contributed by atoms with van der Waals surface area (Å²) in [6.07, 6.45) is 6.53. The van der Waals surface area contributed by atoms with Crippen molar-refractivity contribution in [3.05, 3.63) is 50.4 Å². The smallest absolute Gasteiger partial charge is 0.105 e. The summed E-state index contributed by atoms with van der Waals surface area (Å²) in [5.41, 5.74) is 3.16. The zero-order chi connectivity index (χ0) is 17.4. The molecule has 4 nitrogen and oxygen atoms in total. The van der Waals surface area contributed by atoms with Gasteiger partial charge in [-0.05, 0) is 43.4 Å². The zero-order valence-corrected chi connectivity index (χ0v) is 15.9. The average Bonchev–Trinajstić information content (AvgIpc) is 2.95. The predicted octanol–water partition coefficient (Wildman–Crippen LogP) is 3.74. The van der Waals surface area contributed by atoms with Gasteiger partial charge in [0.05, 0.1) is 17.6 Å². The number of pyridine rings is 1. The maximum Gasteiger partial charge on any atom is 0.105 e. The molecule has 0 unspecified atom stereocenters. The van der Waals surface area contributed by atoms with Crippen LogP contribution in [-0.4, -0.2) is 34.2 Å². The molecule has 0 saturated carbocycles. The third kappa shape index (κ3) is 3.13. The van der Waals surface area contributed by atoms with Gasteiger partial charge < -0.3 is 9.84 Å². The number of aromatic nitrogens is 1. The standard InChI is InChI=1S/C19H23ClN2O2S/c1-13-9-19(5-7-22(13)11-14-3-2-6-21-10-14)17-15(4-8-24-19)16(12-23)18(20)25-17/h2-3,6,10,13,23H,4-5,7-9,11-12H2,1H3/t13-,19+/m0/s1. The molecule has 2 atom stereocenters. The van der Waals surface area contributed by atoms with Gasteiger partial charge in [0.2, 0.25) is 0 Å². The normalized spacial score (nSPS) is 26.8. The Morgan fingerprint density at radius 3 is 3.12 bits per heavy atom. The summed E-state index contributed by atoms with van der Waals surface area (Å²) in [5.74, 6) is 0. The van der Waals surface area contributed by atoms with Gasteiger partial charge in [0.25, 0.3) is 0 Å². The van der Waals surface area contributed by atoms with Crippen molar-refractivity contribution in [2.75, 3.05) is 13.2 Å². The highest BCUT2D eigenvalue weighted by molar-refractivity contribution is 7.16. The molecule has 4 heterocycles. The Labute approximate surface area is 157 Å². The lowest BCUT2D eigenvalue weighted by Crippen LogP contribution is -2.50. The molecule has 0 bridgehead atoms. The molecule has 4 rings (SSSR count). The van der Waals surface area contributed by atoms with Gasteiger partial charge in [-0.2, -0.15) is 0 Å². The monoisotopic (exact) mass is 378 g/mol. The largest absolute Gasteiger partial charge is 0.392 e. The van der Waals surface area contributed by atoms with Gasteiger partial charge in [-0.15, -0.1) is 11.3 Å². The molecule has 1 spiro atoms.